The van der Waals surface area contributed by atoms with Gasteiger partial charge in [0.25, 0.3) is 5.91 Å². The monoisotopic (exact) mass is 366 g/mol. The van der Waals surface area contributed by atoms with Crippen molar-refractivity contribution in [2.45, 2.75) is 19.9 Å². The molecule has 0 fully saturated rings. The van der Waals surface area contributed by atoms with E-state index in [4.69, 9.17) is 9.47 Å². The van der Waals surface area contributed by atoms with Crippen molar-refractivity contribution < 1.29 is 14.3 Å². The van der Waals surface area contributed by atoms with Crippen LogP contribution in [0.3, 0.4) is 0 Å². The lowest BCUT2D eigenvalue weighted by Gasteiger charge is -2.03. The van der Waals surface area contributed by atoms with Crippen molar-refractivity contribution in [3.63, 3.8) is 0 Å². The largest absolute Gasteiger partial charge is 0.454 e. The Labute approximate surface area is 154 Å². The number of thiazole rings is 1. The van der Waals surface area contributed by atoms with Crippen molar-refractivity contribution in [2.75, 3.05) is 6.79 Å². The molecule has 0 radical (unpaired) electrons. The number of carbonyl (C=O) groups is 1. The smallest absolute Gasteiger partial charge is 0.272 e. The first-order chi connectivity index (χ1) is 12.7. The Bertz CT molecular complexity index is 1050. The molecular weight excluding hydrogens is 348 g/mol. The average molecular weight is 366 g/mol. The Morgan fingerprint density at radius 2 is 2.00 bits per heavy atom. The predicted octanol–water partition coefficient (Wildman–Crippen LogP) is 3.98. The molecule has 1 aliphatic heterocycles. The van der Waals surface area contributed by atoms with Crippen molar-refractivity contribution in [2.24, 2.45) is 4.99 Å². The third-order valence-corrected chi connectivity index (χ3v) is 5.09. The molecule has 0 spiro atoms. The molecule has 4 rings (SSSR count). The average Bonchev–Trinajstić information content (AvgIpc) is 3.24. The van der Waals surface area contributed by atoms with Crippen LogP contribution in [0.2, 0.25) is 0 Å². The number of ether oxygens (including phenoxy) is 2. The van der Waals surface area contributed by atoms with Crippen LogP contribution in [0.4, 0.5) is 0 Å². The summed E-state index contributed by atoms with van der Waals surface area (Å²) in [6.45, 7) is 3.14. The van der Waals surface area contributed by atoms with E-state index in [2.05, 4.69) is 16.5 Å². The van der Waals surface area contributed by atoms with Crippen LogP contribution in [-0.4, -0.2) is 17.3 Å². The summed E-state index contributed by atoms with van der Waals surface area (Å²) < 4.78 is 14.0. The zero-order valence-corrected chi connectivity index (χ0v) is 15.2. The number of carbonyl (C=O) groups excluding carboxylic acids is 1. The number of aryl methyl sites for hydroxylation is 1. The molecule has 26 heavy (non-hydrogen) atoms. The van der Waals surface area contributed by atoms with Gasteiger partial charge in [0.15, 0.2) is 16.3 Å². The van der Waals surface area contributed by atoms with Gasteiger partial charge in [-0.15, -0.1) is 0 Å². The van der Waals surface area contributed by atoms with E-state index in [0.29, 0.717) is 4.80 Å². The van der Waals surface area contributed by atoms with E-state index in [1.165, 1.54) is 17.4 Å². The lowest BCUT2D eigenvalue weighted by atomic mass is 10.2. The van der Waals surface area contributed by atoms with Gasteiger partial charge >= 0.3 is 0 Å². The van der Waals surface area contributed by atoms with Crippen LogP contribution in [0.5, 0.6) is 11.5 Å². The molecule has 1 aliphatic rings. The SMILES string of the molecule is CCCn1c(=NC(=O)/C=C/c2ccccc2)sc2cc3c(cc21)OCO3. The van der Waals surface area contributed by atoms with Gasteiger partial charge in [0.2, 0.25) is 6.79 Å². The van der Waals surface area contributed by atoms with Crippen LogP contribution in [0.25, 0.3) is 16.3 Å². The molecule has 0 N–H and O–H groups in total. The van der Waals surface area contributed by atoms with Gasteiger partial charge in [0.05, 0.1) is 10.2 Å². The standard InChI is InChI=1S/C20H18N2O3S/c1-2-10-22-15-11-16-17(25-13-24-16)12-18(15)26-20(22)21-19(23)9-8-14-6-4-3-5-7-14/h3-9,11-12H,2,10,13H2,1H3/b9-8+,21-20?. The maximum absolute atomic E-state index is 12.3. The zero-order chi connectivity index (χ0) is 17.9. The van der Waals surface area contributed by atoms with Crippen molar-refractivity contribution in [1.82, 2.24) is 4.57 Å². The van der Waals surface area contributed by atoms with Gasteiger partial charge < -0.3 is 14.0 Å². The lowest BCUT2D eigenvalue weighted by molar-refractivity contribution is -0.113. The Balaban J connectivity index is 1.72. The Hall–Kier alpha value is -2.86. The fraction of sp³-hybridized carbons (Fsp3) is 0.200. The van der Waals surface area contributed by atoms with Gasteiger partial charge in [-0.2, -0.15) is 4.99 Å². The second-order valence-electron chi connectivity index (χ2n) is 5.90. The highest BCUT2D eigenvalue weighted by molar-refractivity contribution is 7.16. The summed E-state index contributed by atoms with van der Waals surface area (Å²) in [4.78, 5) is 17.3. The molecule has 0 aliphatic carbocycles. The summed E-state index contributed by atoms with van der Waals surface area (Å²) in [5, 5.41) is 0. The van der Waals surface area contributed by atoms with Crippen molar-refractivity contribution in [1.29, 1.82) is 0 Å². The third kappa shape index (κ3) is 3.28. The predicted molar refractivity (Wildman–Crippen MR) is 102 cm³/mol. The molecule has 2 heterocycles. The first-order valence-corrected chi connectivity index (χ1v) is 9.31. The van der Waals surface area contributed by atoms with E-state index < -0.39 is 0 Å². The second-order valence-corrected chi connectivity index (χ2v) is 6.91. The fourth-order valence-corrected chi connectivity index (χ4v) is 3.92. The topological polar surface area (TPSA) is 52.8 Å². The molecule has 1 amide bonds. The van der Waals surface area contributed by atoms with Crippen LogP contribution in [0.1, 0.15) is 18.9 Å². The zero-order valence-electron chi connectivity index (χ0n) is 14.3. The molecule has 1 aromatic heterocycles. The van der Waals surface area contributed by atoms with Crippen LogP contribution in [0, 0.1) is 0 Å². The van der Waals surface area contributed by atoms with Gasteiger partial charge in [-0.25, -0.2) is 0 Å². The first-order valence-electron chi connectivity index (χ1n) is 8.49. The number of nitrogens with zero attached hydrogens (tertiary/aromatic N) is 2. The van der Waals surface area contributed by atoms with Crippen LogP contribution in [-0.2, 0) is 11.3 Å². The normalized spacial score (nSPS) is 13.8. The van der Waals surface area contributed by atoms with Crippen molar-refractivity contribution in [3.8, 4) is 11.5 Å². The summed E-state index contributed by atoms with van der Waals surface area (Å²) in [6, 6.07) is 13.6. The van der Waals surface area contributed by atoms with Crippen LogP contribution >= 0.6 is 11.3 Å². The Morgan fingerprint density at radius 3 is 2.77 bits per heavy atom. The highest BCUT2D eigenvalue weighted by atomic mass is 32.1. The molecule has 0 saturated heterocycles. The maximum atomic E-state index is 12.3. The fourth-order valence-electron chi connectivity index (χ4n) is 2.85. The molecule has 132 valence electrons. The van der Waals surface area contributed by atoms with E-state index in [9.17, 15) is 4.79 Å². The summed E-state index contributed by atoms with van der Waals surface area (Å²) in [5.41, 5.74) is 1.99. The number of fused-ring (bicyclic) bond motifs is 2. The van der Waals surface area contributed by atoms with Crippen molar-refractivity contribution in [3.05, 3.63) is 58.9 Å². The van der Waals surface area contributed by atoms with Gasteiger partial charge in [-0.05, 0) is 18.1 Å². The second kappa shape index (κ2) is 7.17. The third-order valence-electron chi connectivity index (χ3n) is 4.05. The quantitative estimate of drug-likeness (QED) is 0.656. The maximum Gasteiger partial charge on any atom is 0.272 e. The van der Waals surface area contributed by atoms with Gasteiger partial charge in [0, 0.05) is 24.8 Å². The number of amides is 1. The minimum atomic E-state index is -0.273. The molecule has 3 aromatic rings. The van der Waals surface area contributed by atoms with E-state index in [1.807, 2.05) is 42.5 Å². The number of aromatic nitrogens is 1. The Kier molecular flexibility index (Phi) is 4.58. The van der Waals surface area contributed by atoms with E-state index in [1.54, 1.807) is 6.08 Å². The number of benzene rings is 2. The lowest BCUT2D eigenvalue weighted by Crippen LogP contribution is -2.16. The summed E-state index contributed by atoms with van der Waals surface area (Å²) in [5.74, 6) is 1.21. The number of hydrogen-bond donors (Lipinski definition) is 0. The van der Waals surface area contributed by atoms with Gasteiger partial charge in [-0.3, -0.25) is 4.79 Å². The number of hydrogen-bond acceptors (Lipinski definition) is 4. The molecular formula is C20H18N2O3S. The van der Waals surface area contributed by atoms with Crippen LogP contribution < -0.4 is 14.3 Å². The van der Waals surface area contributed by atoms with Gasteiger partial charge in [0.1, 0.15) is 0 Å². The van der Waals surface area contributed by atoms with E-state index >= 15 is 0 Å². The Morgan fingerprint density at radius 1 is 1.23 bits per heavy atom. The minimum Gasteiger partial charge on any atom is -0.454 e. The van der Waals surface area contributed by atoms with Crippen LogP contribution in [0.15, 0.2) is 53.5 Å². The molecule has 5 nitrogen and oxygen atoms in total. The first kappa shape index (κ1) is 16.6. The van der Waals surface area contributed by atoms with Gasteiger partial charge in [-0.1, -0.05) is 48.6 Å². The van der Waals surface area contributed by atoms with E-state index in [-0.39, 0.29) is 12.7 Å². The highest BCUT2D eigenvalue weighted by Gasteiger charge is 2.17. The summed E-state index contributed by atoms with van der Waals surface area (Å²) in [6.07, 6.45) is 4.23. The van der Waals surface area contributed by atoms with E-state index in [0.717, 1.165) is 40.2 Å². The summed E-state index contributed by atoms with van der Waals surface area (Å²) in [7, 11) is 0. The molecule has 0 atom stereocenters. The molecule has 0 saturated carbocycles. The summed E-state index contributed by atoms with van der Waals surface area (Å²) >= 11 is 1.49. The minimum absolute atomic E-state index is 0.250. The highest BCUT2D eigenvalue weighted by Crippen LogP contribution is 2.37. The molecule has 6 heteroatoms. The molecule has 0 unspecified atom stereocenters. The molecule has 2 aromatic carbocycles. The number of rotatable bonds is 4. The molecule has 0 bridgehead atoms. The van der Waals surface area contributed by atoms with Crippen molar-refractivity contribution >= 4 is 33.5 Å².